The molecule has 1 unspecified atom stereocenters. The lowest BCUT2D eigenvalue weighted by Gasteiger charge is -2.31. The van der Waals surface area contributed by atoms with Crippen molar-refractivity contribution in [3.63, 3.8) is 0 Å². The molecule has 1 aromatic carbocycles. The summed E-state index contributed by atoms with van der Waals surface area (Å²) in [5.41, 5.74) is 3.72. The smallest absolute Gasteiger partial charge is 0.251 e. The second-order valence-electron chi connectivity index (χ2n) is 9.80. The molecular formula is C27H33ClN6O3. The number of aryl methyl sites for hydroxylation is 1. The summed E-state index contributed by atoms with van der Waals surface area (Å²) >= 11 is 6.68. The molecule has 1 aliphatic heterocycles. The van der Waals surface area contributed by atoms with E-state index in [0.717, 1.165) is 42.6 Å². The zero-order chi connectivity index (χ0) is 25.8. The largest absolute Gasteiger partial charge is 0.486 e. The fourth-order valence-electron chi connectivity index (χ4n) is 4.70. The van der Waals surface area contributed by atoms with Crippen molar-refractivity contribution in [1.29, 1.82) is 0 Å². The summed E-state index contributed by atoms with van der Waals surface area (Å²) in [6.07, 6.45) is 6.97. The molecule has 196 valence electrons. The average molecular weight is 525 g/mol. The van der Waals surface area contributed by atoms with Gasteiger partial charge in [0.05, 0.1) is 16.8 Å². The van der Waals surface area contributed by atoms with Gasteiger partial charge in [0.15, 0.2) is 0 Å². The predicted molar refractivity (Wildman–Crippen MR) is 142 cm³/mol. The number of fused-ring (bicyclic) bond motifs is 1. The van der Waals surface area contributed by atoms with Crippen LogP contribution in [0.1, 0.15) is 46.4 Å². The van der Waals surface area contributed by atoms with Gasteiger partial charge in [-0.3, -0.25) is 14.4 Å². The average Bonchev–Trinajstić information content (AvgIpc) is 3.29. The molecule has 1 amide bonds. The van der Waals surface area contributed by atoms with Crippen molar-refractivity contribution in [3.8, 4) is 5.75 Å². The molecule has 3 heterocycles. The maximum Gasteiger partial charge on any atom is 0.251 e. The summed E-state index contributed by atoms with van der Waals surface area (Å²) < 4.78 is 7.73. The van der Waals surface area contributed by atoms with Crippen LogP contribution in [0.5, 0.6) is 5.75 Å². The van der Waals surface area contributed by atoms with E-state index in [1.807, 2.05) is 25.2 Å². The van der Waals surface area contributed by atoms with E-state index in [0.29, 0.717) is 47.9 Å². The molecule has 3 N–H and O–H groups in total. The van der Waals surface area contributed by atoms with Gasteiger partial charge in [-0.15, -0.1) is 0 Å². The van der Waals surface area contributed by atoms with Gasteiger partial charge in [0.2, 0.25) is 0 Å². The molecule has 5 rings (SSSR count). The van der Waals surface area contributed by atoms with Crippen LogP contribution in [0.15, 0.2) is 42.7 Å². The van der Waals surface area contributed by atoms with Gasteiger partial charge in [0, 0.05) is 57.2 Å². The lowest BCUT2D eigenvalue weighted by atomic mass is 9.93. The van der Waals surface area contributed by atoms with Crippen LogP contribution in [0.2, 0.25) is 5.02 Å². The summed E-state index contributed by atoms with van der Waals surface area (Å²) in [5, 5.41) is 21.6. The van der Waals surface area contributed by atoms with Gasteiger partial charge >= 0.3 is 0 Å². The molecule has 37 heavy (non-hydrogen) atoms. The molecular weight excluding hydrogens is 492 g/mol. The normalized spacial score (nSPS) is 16.5. The number of ether oxygens (including phenoxy) is 1. The summed E-state index contributed by atoms with van der Waals surface area (Å²) in [5.74, 6) is 1.17. The van der Waals surface area contributed by atoms with Crippen LogP contribution in [-0.4, -0.2) is 62.5 Å². The minimum absolute atomic E-state index is 0.178. The molecule has 10 heteroatoms. The van der Waals surface area contributed by atoms with E-state index in [2.05, 4.69) is 25.6 Å². The fraction of sp³-hybridized carbons (Fsp3) is 0.444. The number of aliphatic hydroxyl groups excluding tert-OH is 1. The number of nitrogens with one attached hydrogen (secondary N) is 2. The number of amides is 1. The summed E-state index contributed by atoms with van der Waals surface area (Å²) in [4.78, 5) is 19.1. The highest BCUT2D eigenvalue weighted by Gasteiger charge is 2.23. The number of hydrogen-bond acceptors (Lipinski definition) is 7. The number of nitrogens with zero attached hydrogens (tertiary/aromatic N) is 4. The minimum atomic E-state index is -0.683. The van der Waals surface area contributed by atoms with E-state index in [-0.39, 0.29) is 12.5 Å². The molecule has 1 aliphatic carbocycles. The number of aliphatic hydroxyl groups is 1. The highest BCUT2D eigenvalue weighted by Crippen LogP contribution is 2.34. The van der Waals surface area contributed by atoms with Crippen LogP contribution in [0.25, 0.3) is 0 Å². The number of halogens is 1. The van der Waals surface area contributed by atoms with Gasteiger partial charge in [0.1, 0.15) is 18.2 Å². The van der Waals surface area contributed by atoms with Crippen LogP contribution < -0.4 is 15.4 Å². The van der Waals surface area contributed by atoms with Gasteiger partial charge in [-0.2, -0.15) is 5.10 Å². The lowest BCUT2D eigenvalue weighted by molar-refractivity contribution is 0.0841. The van der Waals surface area contributed by atoms with Crippen molar-refractivity contribution in [2.24, 2.45) is 7.05 Å². The van der Waals surface area contributed by atoms with Gasteiger partial charge in [0.25, 0.3) is 5.91 Å². The molecule has 3 aromatic rings. The summed E-state index contributed by atoms with van der Waals surface area (Å²) in [6, 6.07) is 9.76. The molecule has 1 saturated carbocycles. The zero-order valence-electron chi connectivity index (χ0n) is 21.0. The molecule has 9 nitrogen and oxygen atoms in total. The number of rotatable bonds is 10. The second kappa shape index (κ2) is 11.5. The number of anilines is 1. The lowest BCUT2D eigenvalue weighted by Crippen LogP contribution is -2.42. The maximum atomic E-state index is 12.6. The van der Waals surface area contributed by atoms with Crippen LogP contribution in [0.3, 0.4) is 0 Å². The molecule has 0 radical (unpaired) electrons. The molecule has 2 aromatic heterocycles. The van der Waals surface area contributed by atoms with Crippen molar-refractivity contribution in [2.45, 2.75) is 51.0 Å². The van der Waals surface area contributed by atoms with Crippen LogP contribution in [0, 0.1) is 0 Å². The summed E-state index contributed by atoms with van der Waals surface area (Å²) in [7, 11) is 1.88. The minimum Gasteiger partial charge on any atom is -0.486 e. The first-order valence-corrected chi connectivity index (χ1v) is 13.1. The van der Waals surface area contributed by atoms with Crippen molar-refractivity contribution in [2.75, 3.05) is 25.0 Å². The van der Waals surface area contributed by atoms with E-state index >= 15 is 0 Å². The number of aromatic nitrogens is 3. The third kappa shape index (κ3) is 6.23. The monoisotopic (exact) mass is 524 g/mol. The van der Waals surface area contributed by atoms with Gasteiger partial charge in [-0.25, -0.2) is 4.98 Å². The van der Waals surface area contributed by atoms with E-state index in [9.17, 15) is 9.90 Å². The molecule has 1 atom stereocenters. The Bertz CT molecular complexity index is 1240. The first-order valence-electron chi connectivity index (χ1n) is 12.8. The Kier molecular flexibility index (Phi) is 7.93. The maximum absolute atomic E-state index is 12.6. The van der Waals surface area contributed by atoms with E-state index in [4.69, 9.17) is 16.3 Å². The van der Waals surface area contributed by atoms with Crippen molar-refractivity contribution < 1.29 is 14.6 Å². The Morgan fingerprint density at radius 2 is 2.14 bits per heavy atom. The molecule has 0 bridgehead atoms. The Morgan fingerprint density at radius 1 is 1.27 bits per heavy atom. The number of carbonyl (C=O) groups excluding carboxylic acids is 1. The van der Waals surface area contributed by atoms with E-state index in [1.54, 1.807) is 29.2 Å². The highest BCUT2D eigenvalue weighted by molar-refractivity contribution is 6.33. The summed E-state index contributed by atoms with van der Waals surface area (Å²) in [6.45, 7) is 2.49. The Labute approximate surface area is 221 Å². The Balaban J connectivity index is 1.10. The van der Waals surface area contributed by atoms with Crippen molar-refractivity contribution in [1.82, 2.24) is 25.0 Å². The topological polar surface area (TPSA) is 105 Å². The highest BCUT2D eigenvalue weighted by atomic mass is 35.5. The molecule has 2 aliphatic rings. The predicted octanol–water partition coefficient (Wildman–Crippen LogP) is 3.16. The third-order valence-corrected chi connectivity index (χ3v) is 7.54. The Morgan fingerprint density at radius 3 is 2.89 bits per heavy atom. The number of carbonyl (C=O) groups is 1. The molecule has 0 spiro atoms. The first-order chi connectivity index (χ1) is 18.0. The van der Waals surface area contributed by atoms with Crippen molar-refractivity contribution >= 4 is 23.3 Å². The fourth-order valence-corrected chi connectivity index (χ4v) is 5.03. The second-order valence-corrected chi connectivity index (χ2v) is 10.2. The molecule has 1 fully saturated rings. The van der Waals surface area contributed by atoms with E-state index in [1.165, 1.54) is 6.42 Å². The van der Waals surface area contributed by atoms with Gasteiger partial charge < -0.3 is 20.5 Å². The number of benzene rings is 1. The molecule has 0 saturated heterocycles. The van der Waals surface area contributed by atoms with E-state index < -0.39 is 6.10 Å². The first kappa shape index (κ1) is 25.5. The van der Waals surface area contributed by atoms with Crippen LogP contribution in [-0.2, 0) is 26.6 Å². The quantitative estimate of drug-likeness (QED) is 0.374. The van der Waals surface area contributed by atoms with Gasteiger partial charge in [-0.05, 0) is 61.1 Å². The van der Waals surface area contributed by atoms with Gasteiger partial charge in [-0.1, -0.05) is 17.7 Å². The number of β-amino-alcohol motifs (C(OH)–C–C–N with tert-alkyl or cyclic N) is 1. The van der Waals surface area contributed by atoms with Crippen LogP contribution in [0.4, 0.5) is 5.82 Å². The SMILES string of the molecule is Cn1nccc1COc1ccc2c(c1Cl)CCN(CC(O)CNC(=O)c1ccnc(NC3CCC3)c1)C2. The zero-order valence-corrected chi connectivity index (χ0v) is 21.7. The van der Waals surface area contributed by atoms with Crippen molar-refractivity contribution in [3.05, 3.63) is 70.1 Å². The standard InChI is InChI=1S/C27H33ClN6O3/c1-33-21(8-11-31-33)17-37-24-6-5-19-15-34(12-9-23(19)26(24)28)16-22(35)14-30-27(36)18-7-10-29-25(13-18)32-20-3-2-4-20/h5-8,10-11,13,20,22,35H,2-4,9,12,14-17H2,1H3,(H,29,32)(H,30,36). The number of pyridine rings is 1. The third-order valence-electron chi connectivity index (χ3n) is 7.12. The number of hydrogen-bond donors (Lipinski definition) is 3. The van der Waals surface area contributed by atoms with Crippen LogP contribution >= 0.6 is 11.6 Å². The Hall–Kier alpha value is -3.14.